The van der Waals surface area contributed by atoms with Crippen LogP contribution in [0.5, 0.6) is 11.5 Å². The Kier molecular flexibility index (Phi) is 6.34. The Bertz CT molecular complexity index is 1180. The maximum atomic E-state index is 13.3. The average Bonchev–Trinajstić information content (AvgIpc) is 3.54. The third-order valence-electron chi connectivity index (χ3n) is 5.91. The second-order valence-corrected chi connectivity index (χ2v) is 10.7. The molecular weight excluding hydrogens is 444 g/mol. The van der Waals surface area contributed by atoms with E-state index in [9.17, 15) is 18.0 Å². The highest BCUT2D eigenvalue weighted by Gasteiger charge is 2.46. The number of rotatable bonds is 8. The molecule has 3 amide bonds. The fraction of sp³-hybridized carbons (Fsp3) is 0.417. The normalized spacial score (nSPS) is 18.6. The van der Waals surface area contributed by atoms with Gasteiger partial charge in [-0.05, 0) is 49.1 Å². The third kappa shape index (κ3) is 4.83. The maximum Gasteiger partial charge on any atom is 0.325 e. The Labute approximate surface area is 193 Å². The molecular formula is C24H28N2O6S. The van der Waals surface area contributed by atoms with Gasteiger partial charge in [-0.3, -0.25) is 9.69 Å². The van der Waals surface area contributed by atoms with Gasteiger partial charge in [0, 0.05) is 23.8 Å². The van der Waals surface area contributed by atoms with Crippen molar-refractivity contribution >= 4 is 21.8 Å². The van der Waals surface area contributed by atoms with Crippen molar-refractivity contribution in [2.24, 2.45) is 0 Å². The molecule has 2 aromatic carbocycles. The Morgan fingerprint density at radius 1 is 1.18 bits per heavy atom. The van der Waals surface area contributed by atoms with Crippen molar-refractivity contribution in [3.05, 3.63) is 59.2 Å². The number of hydrogen-bond acceptors (Lipinski definition) is 6. The van der Waals surface area contributed by atoms with Gasteiger partial charge in [0.25, 0.3) is 5.91 Å². The number of benzene rings is 2. The third-order valence-corrected chi connectivity index (χ3v) is 6.87. The fourth-order valence-electron chi connectivity index (χ4n) is 4.32. The molecule has 0 saturated heterocycles. The van der Waals surface area contributed by atoms with Crippen molar-refractivity contribution in [3.63, 3.8) is 0 Å². The van der Waals surface area contributed by atoms with Gasteiger partial charge in [-0.2, -0.15) is 0 Å². The highest BCUT2D eigenvalue weighted by atomic mass is 32.2. The van der Waals surface area contributed by atoms with Crippen molar-refractivity contribution in [3.8, 4) is 11.5 Å². The standard InChI is InChI=1S/C24H28N2O6S/c1-4-32-21-13-15(9-12-20(21)31-2)19(14-33(3,29)30)22-17-7-5-6-8-18(17)23(27)26(22)24(28)25-16-10-11-16/h5-9,12-13,16,19,22H,4,10-11,14H2,1-3H3,(H,25,28)/t19-,22?/m0/s1. The van der Waals surface area contributed by atoms with E-state index in [1.807, 2.05) is 6.92 Å². The monoisotopic (exact) mass is 472 g/mol. The first-order chi connectivity index (χ1) is 15.7. The molecule has 1 saturated carbocycles. The van der Waals surface area contributed by atoms with E-state index >= 15 is 0 Å². The summed E-state index contributed by atoms with van der Waals surface area (Å²) in [5.74, 6) is -0.370. The lowest BCUT2D eigenvalue weighted by Crippen LogP contribution is -2.45. The van der Waals surface area contributed by atoms with Gasteiger partial charge in [-0.25, -0.2) is 13.2 Å². The van der Waals surface area contributed by atoms with E-state index < -0.39 is 33.7 Å². The first-order valence-electron chi connectivity index (χ1n) is 10.9. The maximum absolute atomic E-state index is 13.3. The molecule has 1 aliphatic carbocycles. The second kappa shape index (κ2) is 9.05. The van der Waals surface area contributed by atoms with Crippen molar-refractivity contribution in [1.82, 2.24) is 10.2 Å². The number of amides is 3. The summed E-state index contributed by atoms with van der Waals surface area (Å²) in [6.07, 6.45) is 2.90. The van der Waals surface area contributed by atoms with Gasteiger partial charge in [-0.1, -0.05) is 24.3 Å². The first-order valence-corrected chi connectivity index (χ1v) is 13.0. The number of carbonyl (C=O) groups is 2. The fourth-order valence-corrected chi connectivity index (χ4v) is 5.35. The van der Waals surface area contributed by atoms with E-state index in [0.29, 0.717) is 34.8 Å². The lowest BCUT2D eigenvalue weighted by Gasteiger charge is -2.31. The molecule has 0 spiro atoms. The van der Waals surface area contributed by atoms with E-state index in [-0.39, 0.29) is 11.8 Å². The minimum Gasteiger partial charge on any atom is -0.493 e. The smallest absolute Gasteiger partial charge is 0.325 e. The zero-order chi connectivity index (χ0) is 23.8. The Morgan fingerprint density at radius 3 is 2.55 bits per heavy atom. The number of urea groups is 1. The molecule has 33 heavy (non-hydrogen) atoms. The summed E-state index contributed by atoms with van der Waals surface area (Å²) in [6, 6.07) is 11.0. The number of carbonyl (C=O) groups excluding carboxylic acids is 2. The number of hydrogen-bond donors (Lipinski definition) is 1. The van der Waals surface area contributed by atoms with Crippen LogP contribution in [0, 0.1) is 0 Å². The minimum atomic E-state index is -3.47. The summed E-state index contributed by atoms with van der Waals surface area (Å²) in [4.78, 5) is 27.6. The number of methoxy groups -OCH3 is 1. The molecule has 1 N–H and O–H groups in total. The average molecular weight is 473 g/mol. The van der Waals surface area contributed by atoms with Crippen LogP contribution in [0.4, 0.5) is 4.79 Å². The van der Waals surface area contributed by atoms with E-state index in [1.165, 1.54) is 12.0 Å². The van der Waals surface area contributed by atoms with Crippen LogP contribution in [0.15, 0.2) is 42.5 Å². The van der Waals surface area contributed by atoms with Gasteiger partial charge in [0.05, 0.1) is 25.5 Å². The van der Waals surface area contributed by atoms with Crippen LogP contribution in [0.2, 0.25) is 0 Å². The van der Waals surface area contributed by atoms with E-state index in [2.05, 4.69) is 5.32 Å². The van der Waals surface area contributed by atoms with E-state index in [1.54, 1.807) is 42.5 Å². The quantitative estimate of drug-likeness (QED) is 0.633. The summed E-state index contributed by atoms with van der Waals surface area (Å²) in [7, 11) is -1.94. The van der Waals surface area contributed by atoms with Crippen molar-refractivity contribution in [1.29, 1.82) is 0 Å². The molecule has 2 aromatic rings. The molecule has 1 fully saturated rings. The highest BCUT2D eigenvalue weighted by molar-refractivity contribution is 7.90. The van der Waals surface area contributed by atoms with Crippen LogP contribution in [0.3, 0.4) is 0 Å². The second-order valence-electron chi connectivity index (χ2n) is 8.47. The molecule has 2 aliphatic rings. The lowest BCUT2D eigenvalue weighted by molar-refractivity contribution is 0.0766. The predicted octanol–water partition coefficient (Wildman–Crippen LogP) is 3.29. The number of nitrogens with one attached hydrogen (secondary N) is 1. The van der Waals surface area contributed by atoms with Crippen LogP contribution in [0.1, 0.15) is 53.2 Å². The summed E-state index contributed by atoms with van der Waals surface area (Å²) in [5, 5.41) is 2.88. The predicted molar refractivity (Wildman–Crippen MR) is 124 cm³/mol. The molecule has 4 rings (SSSR count). The molecule has 8 nitrogen and oxygen atoms in total. The van der Waals surface area contributed by atoms with Gasteiger partial charge < -0.3 is 14.8 Å². The van der Waals surface area contributed by atoms with Crippen LogP contribution >= 0.6 is 0 Å². The zero-order valence-electron chi connectivity index (χ0n) is 18.9. The van der Waals surface area contributed by atoms with E-state index in [0.717, 1.165) is 19.1 Å². The van der Waals surface area contributed by atoms with Crippen LogP contribution < -0.4 is 14.8 Å². The van der Waals surface area contributed by atoms with Crippen LogP contribution in [-0.4, -0.2) is 57.0 Å². The van der Waals surface area contributed by atoms with Gasteiger partial charge >= 0.3 is 6.03 Å². The number of fused-ring (bicyclic) bond motifs is 1. The number of nitrogens with zero attached hydrogens (tertiary/aromatic N) is 1. The zero-order valence-corrected chi connectivity index (χ0v) is 19.7. The van der Waals surface area contributed by atoms with Gasteiger partial charge in [0.1, 0.15) is 9.84 Å². The van der Waals surface area contributed by atoms with Crippen LogP contribution in [0.25, 0.3) is 0 Å². The van der Waals surface area contributed by atoms with Crippen LogP contribution in [-0.2, 0) is 9.84 Å². The SMILES string of the molecule is CCOc1cc([C@H](CS(C)(=O)=O)C2c3ccccc3C(=O)N2C(=O)NC2CC2)ccc1OC. The number of imide groups is 1. The first kappa shape index (κ1) is 23.1. The molecule has 0 aromatic heterocycles. The van der Waals surface area contributed by atoms with Gasteiger partial charge in [0.2, 0.25) is 0 Å². The summed E-state index contributed by atoms with van der Waals surface area (Å²) < 4.78 is 36.1. The topological polar surface area (TPSA) is 102 Å². The summed E-state index contributed by atoms with van der Waals surface area (Å²) in [5.41, 5.74) is 1.68. The highest BCUT2D eigenvalue weighted by Crippen LogP contribution is 2.45. The minimum absolute atomic E-state index is 0.0496. The van der Waals surface area contributed by atoms with E-state index in [4.69, 9.17) is 9.47 Å². The van der Waals surface area contributed by atoms with Crippen molar-refractivity contribution < 1.29 is 27.5 Å². The molecule has 1 unspecified atom stereocenters. The number of ether oxygens (including phenoxy) is 2. The van der Waals surface area contributed by atoms with Gasteiger partial charge in [-0.15, -0.1) is 0 Å². The number of sulfone groups is 1. The Hall–Kier alpha value is -3.07. The summed E-state index contributed by atoms with van der Waals surface area (Å²) in [6.45, 7) is 2.24. The van der Waals surface area contributed by atoms with Gasteiger partial charge in [0.15, 0.2) is 11.5 Å². The molecule has 0 bridgehead atoms. The molecule has 1 aliphatic heterocycles. The molecule has 2 atom stereocenters. The molecule has 1 heterocycles. The van der Waals surface area contributed by atoms with Crippen molar-refractivity contribution in [2.45, 2.75) is 37.8 Å². The molecule has 176 valence electrons. The Balaban J connectivity index is 1.84. The molecule has 0 radical (unpaired) electrons. The molecule has 9 heteroatoms. The van der Waals surface area contributed by atoms with Crippen molar-refractivity contribution in [2.75, 3.05) is 25.7 Å². The Morgan fingerprint density at radius 2 is 1.91 bits per heavy atom. The largest absolute Gasteiger partial charge is 0.493 e. The lowest BCUT2D eigenvalue weighted by atomic mass is 9.88. The summed E-state index contributed by atoms with van der Waals surface area (Å²) >= 11 is 0.